The maximum Gasteiger partial charge on any atom is 0.193 e. The number of hydrogen-bond acceptors (Lipinski definition) is 1. The van der Waals surface area contributed by atoms with Crippen molar-refractivity contribution >= 4 is 27.6 Å². The first kappa shape index (κ1) is 28.1. The van der Waals surface area contributed by atoms with Gasteiger partial charge in [0.15, 0.2) is 5.78 Å². The van der Waals surface area contributed by atoms with E-state index in [9.17, 15) is 4.79 Å². The van der Waals surface area contributed by atoms with Gasteiger partial charge in [0, 0.05) is 27.3 Å². The number of hydrogen-bond donors (Lipinski definition) is 0. The van der Waals surface area contributed by atoms with Crippen LogP contribution in [0.25, 0.3) is 38.6 Å². The number of carbonyl (C=O) groups is 1. The van der Waals surface area contributed by atoms with Crippen LogP contribution in [0.15, 0.2) is 164 Å². The third kappa shape index (κ3) is 3.64. The Labute approximate surface area is 285 Å². The van der Waals surface area contributed by atoms with Crippen molar-refractivity contribution in [1.29, 1.82) is 0 Å². The van der Waals surface area contributed by atoms with Crippen molar-refractivity contribution in [2.24, 2.45) is 0 Å². The standard InChI is InChI=1S/C47H33NO/c1-46(2)38-20-10-9-18-34(38)35-26-24-31(29-41(35)46)45(49)30-25-27-42-37(28-30)36-19-13-22-40-44(36)48(42)43-23-12-11-21-39(43)47(40,32-14-5-3-6-15-32)33-16-7-4-8-17-33/h3-29H,1-2H3. The lowest BCUT2D eigenvalue weighted by atomic mass is 9.63. The first-order chi connectivity index (χ1) is 24.0. The minimum absolute atomic E-state index is 0.0479. The highest BCUT2D eigenvalue weighted by atomic mass is 16.1. The molecule has 49 heavy (non-hydrogen) atoms. The molecular formula is C47H33NO. The summed E-state index contributed by atoms with van der Waals surface area (Å²) in [5.41, 5.74) is 14.2. The van der Waals surface area contributed by atoms with Gasteiger partial charge in [0.2, 0.25) is 0 Å². The minimum Gasteiger partial charge on any atom is -0.309 e. The van der Waals surface area contributed by atoms with E-state index in [0.717, 1.165) is 27.5 Å². The zero-order chi connectivity index (χ0) is 32.9. The van der Waals surface area contributed by atoms with Crippen LogP contribution >= 0.6 is 0 Å². The van der Waals surface area contributed by atoms with Crippen LogP contribution in [-0.4, -0.2) is 10.4 Å². The Bertz CT molecular complexity index is 2600. The molecule has 0 bridgehead atoms. The van der Waals surface area contributed by atoms with Crippen molar-refractivity contribution in [3.05, 3.63) is 208 Å². The lowest BCUT2D eigenvalue weighted by Gasteiger charge is -2.41. The number of nitrogens with zero attached hydrogens (tertiary/aromatic N) is 1. The summed E-state index contributed by atoms with van der Waals surface area (Å²) in [6.07, 6.45) is 0. The van der Waals surface area contributed by atoms with Crippen molar-refractivity contribution < 1.29 is 4.79 Å². The molecule has 2 heterocycles. The molecule has 0 amide bonds. The lowest BCUT2D eigenvalue weighted by Crippen LogP contribution is -2.35. The fourth-order valence-electron chi connectivity index (χ4n) is 9.07. The highest BCUT2D eigenvalue weighted by molar-refractivity contribution is 6.16. The van der Waals surface area contributed by atoms with Crippen molar-refractivity contribution in [3.63, 3.8) is 0 Å². The van der Waals surface area contributed by atoms with Gasteiger partial charge >= 0.3 is 0 Å². The fourth-order valence-corrected chi connectivity index (χ4v) is 9.07. The van der Waals surface area contributed by atoms with E-state index in [0.29, 0.717) is 5.56 Å². The highest BCUT2D eigenvalue weighted by Crippen LogP contribution is 2.54. The molecule has 0 saturated heterocycles. The molecular weight excluding hydrogens is 595 g/mol. The van der Waals surface area contributed by atoms with Crippen LogP contribution in [0.4, 0.5) is 0 Å². The Balaban J connectivity index is 1.20. The third-order valence-corrected chi connectivity index (χ3v) is 11.3. The molecule has 0 saturated carbocycles. The van der Waals surface area contributed by atoms with Crippen LogP contribution in [0, 0.1) is 0 Å². The van der Waals surface area contributed by atoms with E-state index < -0.39 is 5.41 Å². The summed E-state index contributed by atoms with van der Waals surface area (Å²) in [7, 11) is 0. The second kappa shape index (κ2) is 10.0. The molecule has 1 aromatic heterocycles. The molecule has 2 nitrogen and oxygen atoms in total. The smallest absolute Gasteiger partial charge is 0.193 e. The third-order valence-electron chi connectivity index (χ3n) is 11.3. The number of carbonyl (C=O) groups excluding carboxylic acids is 1. The number of aromatic nitrogens is 1. The SMILES string of the molecule is CC1(C)c2ccccc2-c2ccc(C(=O)c3ccc4c(c3)c3cccc5c3n4-c3ccccc3C5(c3ccccc3)c3ccccc3)cc21. The van der Waals surface area contributed by atoms with Crippen LogP contribution in [-0.2, 0) is 10.8 Å². The van der Waals surface area contributed by atoms with Crippen LogP contribution < -0.4 is 0 Å². The molecule has 232 valence electrons. The van der Waals surface area contributed by atoms with Crippen LogP contribution in [0.1, 0.15) is 63.1 Å². The van der Waals surface area contributed by atoms with Crippen molar-refractivity contribution in [2.45, 2.75) is 24.7 Å². The Kier molecular flexibility index (Phi) is 5.73. The van der Waals surface area contributed by atoms with E-state index >= 15 is 0 Å². The summed E-state index contributed by atoms with van der Waals surface area (Å²) in [6, 6.07) is 58.5. The van der Waals surface area contributed by atoms with Gasteiger partial charge in [-0.2, -0.15) is 0 Å². The molecule has 1 aliphatic carbocycles. The summed E-state index contributed by atoms with van der Waals surface area (Å²) in [6.45, 7) is 4.52. The molecule has 0 spiro atoms. The minimum atomic E-state index is -0.517. The second-order valence-electron chi connectivity index (χ2n) is 14.0. The van der Waals surface area contributed by atoms with Gasteiger partial charge in [-0.05, 0) is 74.8 Å². The number of fused-ring (bicyclic) bond motifs is 8. The molecule has 0 fully saturated rings. The van der Waals surface area contributed by atoms with Gasteiger partial charge in [0.1, 0.15) is 0 Å². The van der Waals surface area contributed by atoms with E-state index in [4.69, 9.17) is 0 Å². The second-order valence-corrected chi connectivity index (χ2v) is 14.0. The Morgan fingerprint density at radius 1 is 0.490 bits per heavy atom. The maximum atomic E-state index is 14.3. The summed E-state index contributed by atoms with van der Waals surface area (Å²) < 4.78 is 2.42. The largest absolute Gasteiger partial charge is 0.309 e. The summed E-state index contributed by atoms with van der Waals surface area (Å²) in [5.74, 6) is 0.0479. The first-order valence-electron chi connectivity index (χ1n) is 17.1. The molecule has 0 unspecified atom stereocenters. The summed E-state index contributed by atoms with van der Waals surface area (Å²) in [4.78, 5) is 14.3. The van der Waals surface area contributed by atoms with E-state index in [1.54, 1.807) is 0 Å². The molecule has 1 aliphatic heterocycles. The van der Waals surface area contributed by atoms with Gasteiger partial charge in [-0.15, -0.1) is 0 Å². The number of rotatable bonds is 4. The number of ketones is 1. The molecule has 0 atom stereocenters. The fraction of sp³-hybridized carbons (Fsp3) is 0.0851. The van der Waals surface area contributed by atoms with Gasteiger partial charge < -0.3 is 4.57 Å². The molecule has 2 heteroatoms. The molecule has 0 radical (unpaired) electrons. The predicted octanol–water partition coefficient (Wildman–Crippen LogP) is 11.0. The Morgan fingerprint density at radius 2 is 1.08 bits per heavy atom. The monoisotopic (exact) mass is 627 g/mol. The predicted molar refractivity (Wildman–Crippen MR) is 200 cm³/mol. The van der Waals surface area contributed by atoms with E-state index in [-0.39, 0.29) is 11.2 Å². The van der Waals surface area contributed by atoms with Gasteiger partial charge in [-0.1, -0.05) is 147 Å². The Morgan fingerprint density at radius 3 is 1.84 bits per heavy atom. The topological polar surface area (TPSA) is 22.0 Å². The summed E-state index contributed by atoms with van der Waals surface area (Å²) >= 11 is 0. The quantitative estimate of drug-likeness (QED) is 0.178. The Hall–Kier alpha value is -5.99. The molecule has 10 rings (SSSR count). The van der Waals surface area contributed by atoms with E-state index in [1.165, 1.54) is 50.0 Å². The van der Waals surface area contributed by atoms with Crippen LogP contribution in [0.3, 0.4) is 0 Å². The average Bonchev–Trinajstić information content (AvgIpc) is 3.61. The number of para-hydroxylation sites is 2. The van der Waals surface area contributed by atoms with Gasteiger partial charge in [-0.25, -0.2) is 0 Å². The molecule has 8 aromatic rings. The van der Waals surface area contributed by atoms with Crippen molar-refractivity contribution in [1.82, 2.24) is 4.57 Å². The average molecular weight is 628 g/mol. The van der Waals surface area contributed by atoms with E-state index in [2.05, 4.69) is 170 Å². The van der Waals surface area contributed by atoms with Gasteiger partial charge in [0.25, 0.3) is 0 Å². The van der Waals surface area contributed by atoms with Crippen LogP contribution in [0.5, 0.6) is 0 Å². The molecule has 0 N–H and O–H groups in total. The first-order valence-corrected chi connectivity index (χ1v) is 17.1. The van der Waals surface area contributed by atoms with Crippen LogP contribution in [0.2, 0.25) is 0 Å². The number of benzene rings is 7. The van der Waals surface area contributed by atoms with Gasteiger partial charge in [0.05, 0.1) is 22.1 Å². The van der Waals surface area contributed by atoms with Gasteiger partial charge in [-0.3, -0.25) is 4.79 Å². The molecule has 7 aromatic carbocycles. The zero-order valence-electron chi connectivity index (χ0n) is 27.4. The normalized spacial score (nSPS) is 14.7. The highest BCUT2D eigenvalue weighted by Gasteiger charge is 2.45. The maximum absolute atomic E-state index is 14.3. The zero-order valence-corrected chi connectivity index (χ0v) is 27.4. The van der Waals surface area contributed by atoms with E-state index in [1.807, 2.05) is 12.1 Å². The lowest BCUT2D eigenvalue weighted by molar-refractivity contribution is 0.103. The van der Waals surface area contributed by atoms with Crippen molar-refractivity contribution in [3.8, 4) is 16.8 Å². The molecule has 2 aliphatic rings. The van der Waals surface area contributed by atoms with Crippen molar-refractivity contribution in [2.75, 3.05) is 0 Å². The summed E-state index contributed by atoms with van der Waals surface area (Å²) in [5, 5.41) is 2.24.